The lowest BCUT2D eigenvalue weighted by Gasteiger charge is -2.17. The van der Waals surface area contributed by atoms with Gasteiger partial charge in [-0.2, -0.15) is 0 Å². The number of hydrogen-bond donors (Lipinski definition) is 0. The van der Waals surface area contributed by atoms with Crippen LogP contribution in [-0.2, 0) is 8.85 Å². The van der Waals surface area contributed by atoms with Crippen LogP contribution < -0.4 is 10.4 Å². The molecule has 0 spiro atoms. The van der Waals surface area contributed by atoms with Gasteiger partial charge in [0.1, 0.15) is 0 Å². The van der Waals surface area contributed by atoms with Gasteiger partial charge in [-0.3, -0.25) is 0 Å². The van der Waals surface area contributed by atoms with Gasteiger partial charge in [-0.15, -0.1) is 0 Å². The summed E-state index contributed by atoms with van der Waals surface area (Å²) in [6.45, 7) is 8.98. The Balaban J connectivity index is 2.36. The normalized spacial score (nSPS) is 14.8. The van der Waals surface area contributed by atoms with E-state index in [9.17, 15) is 0 Å². The summed E-state index contributed by atoms with van der Waals surface area (Å²) in [4.78, 5) is 0. The summed E-state index contributed by atoms with van der Waals surface area (Å²) in [7, 11) is -1.17. The van der Waals surface area contributed by atoms with Crippen molar-refractivity contribution in [3.63, 3.8) is 0 Å². The molecular weight excluding hydrogens is 328 g/mol. The summed E-state index contributed by atoms with van der Waals surface area (Å²) in [5.74, 6) is 0. The minimum absolute atomic E-state index is 0.470. The van der Waals surface area contributed by atoms with Crippen LogP contribution in [0.4, 0.5) is 0 Å². The van der Waals surface area contributed by atoms with Gasteiger partial charge in [0.15, 0.2) is 19.5 Å². The van der Waals surface area contributed by atoms with E-state index in [1.807, 2.05) is 0 Å². The maximum absolute atomic E-state index is 6.20. The Hall–Kier alpha value is -0.426. The van der Waals surface area contributed by atoms with Gasteiger partial charge >= 0.3 is 0 Å². The summed E-state index contributed by atoms with van der Waals surface area (Å²) >= 11 is 0. The summed E-state index contributed by atoms with van der Waals surface area (Å²) in [5, 5.41) is 2.83. The Morgan fingerprint density at radius 1 is 0.708 bits per heavy atom. The molecule has 0 radical (unpaired) electrons. The molecule has 2 unspecified atom stereocenters. The Kier molecular flexibility index (Phi) is 12.4. The highest BCUT2D eigenvalue weighted by atomic mass is 28.2. The third kappa shape index (κ3) is 9.16. The fourth-order valence-electron chi connectivity index (χ4n) is 2.83. The Morgan fingerprint density at radius 3 is 1.38 bits per heavy atom. The van der Waals surface area contributed by atoms with Crippen LogP contribution >= 0.6 is 0 Å². The largest absolute Gasteiger partial charge is 0.416 e. The van der Waals surface area contributed by atoms with Crippen molar-refractivity contribution in [2.45, 2.75) is 91.3 Å². The molecule has 0 aromatic heterocycles. The van der Waals surface area contributed by atoms with Crippen molar-refractivity contribution in [3.05, 3.63) is 24.3 Å². The predicted octanol–water partition coefficient (Wildman–Crippen LogP) is 3.08. The zero-order valence-corrected chi connectivity index (χ0v) is 19.2. The van der Waals surface area contributed by atoms with Gasteiger partial charge in [0.25, 0.3) is 0 Å². The highest BCUT2D eigenvalue weighted by Gasteiger charge is 2.08. The number of hydrogen-bond acceptors (Lipinski definition) is 2. The summed E-state index contributed by atoms with van der Waals surface area (Å²) < 4.78 is 12.4. The Bertz CT molecular complexity index is 370. The maximum Gasteiger partial charge on any atom is 0.192 e. The molecular formula is C20H38O2Si2. The second-order valence-electron chi connectivity index (χ2n) is 6.78. The lowest BCUT2D eigenvalue weighted by molar-refractivity contribution is 0.196. The van der Waals surface area contributed by atoms with Gasteiger partial charge in [-0.05, 0) is 36.1 Å². The average molecular weight is 367 g/mol. The van der Waals surface area contributed by atoms with Crippen molar-refractivity contribution >= 4 is 29.9 Å². The van der Waals surface area contributed by atoms with Crippen molar-refractivity contribution in [1.82, 2.24) is 0 Å². The first kappa shape index (κ1) is 21.6. The number of rotatable bonds is 14. The zero-order chi connectivity index (χ0) is 17.6. The standard InChI is InChI=1S/C20H38O2Si2/c1-5-9-11-17(7-3)21-23-19-13-15-20(16-14-19)24-22-18(8-4)12-10-6-2/h13-18H,5-12,23-24H2,1-4H3. The van der Waals surface area contributed by atoms with E-state index in [-0.39, 0.29) is 0 Å². The van der Waals surface area contributed by atoms with Gasteiger partial charge < -0.3 is 8.85 Å². The molecule has 2 nitrogen and oxygen atoms in total. The molecule has 0 N–H and O–H groups in total. The molecule has 1 aromatic rings. The molecule has 4 heteroatoms. The summed E-state index contributed by atoms with van der Waals surface area (Å²) in [6.07, 6.45) is 10.7. The molecule has 2 atom stereocenters. The third-order valence-electron chi connectivity index (χ3n) is 4.66. The Morgan fingerprint density at radius 2 is 1.08 bits per heavy atom. The molecule has 0 aliphatic heterocycles. The first-order valence-electron chi connectivity index (χ1n) is 10.0. The van der Waals surface area contributed by atoms with Crippen molar-refractivity contribution < 1.29 is 8.85 Å². The molecule has 0 saturated carbocycles. The van der Waals surface area contributed by atoms with Crippen LogP contribution in [0, 0.1) is 0 Å². The lowest BCUT2D eigenvalue weighted by Crippen LogP contribution is -2.28. The van der Waals surface area contributed by atoms with Crippen LogP contribution in [0.2, 0.25) is 0 Å². The monoisotopic (exact) mass is 366 g/mol. The van der Waals surface area contributed by atoms with Crippen LogP contribution in [0.5, 0.6) is 0 Å². The van der Waals surface area contributed by atoms with Gasteiger partial charge in [0.05, 0.1) is 0 Å². The van der Waals surface area contributed by atoms with E-state index in [4.69, 9.17) is 8.85 Å². The van der Waals surface area contributed by atoms with Gasteiger partial charge in [-0.1, -0.05) is 77.6 Å². The average Bonchev–Trinajstić information content (AvgIpc) is 2.63. The second kappa shape index (κ2) is 13.8. The molecule has 0 saturated heterocycles. The smallest absolute Gasteiger partial charge is 0.192 e. The van der Waals surface area contributed by atoms with E-state index < -0.39 is 19.5 Å². The van der Waals surface area contributed by atoms with Crippen molar-refractivity contribution in [3.8, 4) is 0 Å². The van der Waals surface area contributed by atoms with Gasteiger partial charge in [-0.25, -0.2) is 0 Å². The molecule has 24 heavy (non-hydrogen) atoms. The zero-order valence-electron chi connectivity index (χ0n) is 16.4. The van der Waals surface area contributed by atoms with Crippen molar-refractivity contribution in [2.75, 3.05) is 0 Å². The molecule has 0 bridgehead atoms. The van der Waals surface area contributed by atoms with Crippen LogP contribution in [0.3, 0.4) is 0 Å². The quantitative estimate of drug-likeness (QED) is 0.471. The molecule has 138 valence electrons. The van der Waals surface area contributed by atoms with E-state index in [1.54, 1.807) is 0 Å². The number of benzene rings is 1. The van der Waals surface area contributed by atoms with Crippen molar-refractivity contribution in [2.24, 2.45) is 0 Å². The molecule has 0 aliphatic rings. The highest BCUT2D eigenvalue weighted by molar-refractivity contribution is 6.49. The van der Waals surface area contributed by atoms with E-state index in [0.717, 1.165) is 12.8 Å². The molecule has 1 rings (SSSR count). The van der Waals surface area contributed by atoms with E-state index in [1.165, 1.54) is 48.9 Å². The molecule has 0 heterocycles. The lowest BCUT2D eigenvalue weighted by atomic mass is 10.1. The summed E-state index contributed by atoms with van der Waals surface area (Å²) in [5.41, 5.74) is 0. The minimum Gasteiger partial charge on any atom is -0.416 e. The van der Waals surface area contributed by atoms with Crippen LogP contribution in [0.1, 0.15) is 79.1 Å². The van der Waals surface area contributed by atoms with E-state index in [2.05, 4.69) is 52.0 Å². The highest BCUT2D eigenvalue weighted by Crippen LogP contribution is 2.08. The Labute approximate surface area is 154 Å². The minimum atomic E-state index is -0.584. The fourth-order valence-corrected chi connectivity index (χ4v) is 5.35. The second-order valence-corrected chi connectivity index (χ2v) is 9.66. The SMILES string of the molecule is CCCCC(CC)O[SiH2]c1ccc([SiH2]OC(CC)CCCC)cc1. The molecule has 0 amide bonds. The fraction of sp³-hybridized carbons (Fsp3) is 0.700. The van der Waals surface area contributed by atoms with Crippen LogP contribution in [0.15, 0.2) is 24.3 Å². The predicted molar refractivity (Wildman–Crippen MR) is 112 cm³/mol. The van der Waals surface area contributed by atoms with E-state index in [0.29, 0.717) is 12.2 Å². The van der Waals surface area contributed by atoms with E-state index >= 15 is 0 Å². The third-order valence-corrected chi connectivity index (χ3v) is 7.55. The van der Waals surface area contributed by atoms with Crippen LogP contribution in [-0.4, -0.2) is 31.7 Å². The van der Waals surface area contributed by atoms with Gasteiger partial charge in [0.2, 0.25) is 0 Å². The van der Waals surface area contributed by atoms with Crippen molar-refractivity contribution in [1.29, 1.82) is 0 Å². The molecule has 1 aromatic carbocycles. The molecule has 0 aliphatic carbocycles. The first-order chi connectivity index (χ1) is 11.7. The maximum atomic E-state index is 6.20. The first-order valence-corrected chi connectivity index (χ1v) is 12.6. The van der Waals surface area contributed by atoms with Crippen LogP contribution in [0.25, 0.3) is 0 Å². The van der Waals surface area contributed by atoms with Gasteiger partial charge in [0, 0.05) is 12.2 Å². The topological polar surface area (TPSA) is 18.5 Å². The molecule has 0 fully saturated rings. The summed E-state index contributed by atoms with van der Waals surface area (Å²) in [6, 6.07) is 9.10. The number of unbranched alkanes of at least 4 members (excludes halogenated alkanes) is 2.